The molecule has 0 aliphatic carbocycles. The summed E-state index contributed by atoms with van der Waals surface area (Å²) < 4.78 is 26.9. The fourth-order valence-electron chi connectivity index (χ4n) is 2.30. The van der Waals surface area contributed by atoms with Crippen molar-refractivity contribution < 1.29 is 13.5 Å². The lowest BCUT2D eigenvalue weighted by atomic mass is 10.0. The zero-order valence-corrected chi connectivity index (χ0v) is 12.0. The van der Waals surface area contributed by atoms with Crippen LogP contribution in [-0.4, -0.2) is 42.0 Å². The van der Waals surface area contributed by atoms with Gasteiger partial charge >= 0.3 is 0 Å². The molecule has 2 heterocycles. The number of sulfonamides is 1. The van der Waals surface area contributed by atoms with Crippen LogP contribution in [0, 0.1) is 6.92 Å². The molecular weight excluding hydrogens is 272 g/mol. The number of piperidine rings is 1. The molecule has 1 fully saturated rings. The molecular formula is C11H18N2O3S2. The third-order valence-electron chi connectivity index (χ3n) is 3.20. The first kappa shape index (κ1) is 13.9. The summed E-state index contributed by atoms with van der Waals surface area (Å²) in [7, 11) is -3.43. The normalized spacial score (nSPS) is 22.2. The Labute approximate surface area is 112 Å². The molecule has 1 N–H and O–H groups in total. The molecule has 7 heteroatoms. The number of rotatable bonds is 4. The highest BCUT2D eigenvalue weighted by Gasteiger charge is 2.34. The highest BCUT2D eigenvalue weighted by atomic mass is 32.2. The van der Waals surface area contributed by atoms with Gasteiger partial charge in [-0.05, 0) is 26.2 Å². The minimum Gasteiger partial charge on any atom is -0.396 e. The van der Waals surface area contributed by atoms with Gasteiger partial charge in [-0.3, -0.25) is 0 Å². The number of aliphatic hydroxyl groups excluding tert-OH is 1. The Morgan fingerprint density at radius 3 is 2.94 bits per heavy atom. The minimum atomic E-state index is -3.43. The monoisotopic (exact) mass is 290 g/mol. The maximum absolute atomic E-state index is 12.5. The number of nitrogens with zero attached hydrogens (tertiary/aromatic N) is 2. The van der Waals surface area contributed by atoms with Crippen molar-refractivity contribution in [3.8, 4) is 0 Å². The molecule has 0 bridgehead atoms. The second-order valence-corrected chi connectivity index (χ2v) is 7.83. The Balaban J connectivity index is 2.27. The number of hydrogen-bond acceptors (Lipinski definition) is 5. The van der Waals surface area contributed by atoms with E-state index in [0.29, 0.717) is 17.2 Å². The molecule has 2 rings (SSSR count). The fraction of sp³-hybridized carbons (Fsp3) is 0.727. The number of aromatic nitrogens is 1. The molecule has 102 valence electrons. The van der Waals surface area contributed by atoms with Crippen LogP contribution in [-0.2, 0) is 10.0 Å². The van der Waals surface area contributed by atoms with Crippen LogP contribution in [0.15, 0.2) is 10.4 Å². The highest BCUT2D eigenvalue weighted by Crippen LogP contribution is 2.29. The Morgan fingerprint density at radius 2 is 2.33 bits per heavy atom. The summed E-state index contributed by atoms with van der Waals surface area (Å²) in [6.07, 6.45) is 4.69. The summed E-state index contributed by atoms with van der Waals surface area (Å²) >= 11 is 1.21. The summed E-state index contributed by atoms with van der Waals surface area (Å²) in [6.45, 7) is 2.37. The Morgan fingerprint density at radius 1 is 1.56 bits per heavy atom. The molecule has 1 saturated heterocycles. The van der Waals surface area contributed by atoms with Crippen LogP contribution >= 0.6 is 11.3 Å². The van der Waals surface area contributed by atoms with E-state index in [2.05, 4.69) is 4.98 Å². The van der Waals surface area contributed by atoms with E-state index >= 15 is 0 Å². The number of thiazole rings is 1. The zero-order valence-electron chi connectivity index (χ0n) is 10.4. The van der Waals surface area contributed by atoms with E-state index in [1.54, 1.807) is 11.2 Å². The van der Waals surface area contributed by atoms with Crippen molar-refractivity contribution >= 4 is 21.4 Å². The van der Waals surface area contributed by atoms with Gasteiger partial charge in [0.15, 0.2) is 4.21 Å². The molecule has 1 unspecified atom stereocenters. The van der Waals surface area contributed by atoms with Gasteiger partial charge < -0.3 is 5.11 Å². The fourth-order valence-corrected chi connectivity index (χ4v) is 5.27. The van der Waals surface area contributed by atoms with Crippen LogP contribution in [0.2, 0.25) is 0 Å². The van der Waals surface area contributed by atoms with Crippen molar-refractivity contribution in [3.63, 3.8) is 0 Å². The van der Waals surface area contributed by atoms with E-state index in [1.165, 1.54) is 17.5 Å². The van der Waals surface area contributed by atoms with Crippen molar-refractivity contribution in [2.45, 2.75) is 42.9 Å². The molecule has 18 heavy (non-hydrogen) atoms. The van der Waals surface area contributed by atoms with Gasteiger partial charge in [-0.15, -0.1) is 11.3 Å². The minimum absolute atomic E-state index is 0.0262. The van der Waals surface area contributed by atoms with E-state index in [1.807, 2.05) is 0 Å². The average molecular weight is 290 g/mol. The van der Waals surface area contributed by atoms with E-state index in [0.717, 1.165) is 24.3 Å². The third-order valence-corrected chi connectivity index (χ3v) is 6.50. The number of aryl methyl sites for hydroxylation is 1. The number of hydrogen-bond donors (Lipinski definition) is 1. The first-order chi connectivity index (χ1) is 8.55. The van der Waals surface area contributed by atoms with Crippen LogP contribution in [0.25, 0.3) is 0 Å². The van der Waals surface area contributed by atoms with Crippen molar-refractivity contribution in [3.05, 3.63) is 11.2 Å². The molecule has 1 aromatic rings. The van der Waals surface area contributed by atoms with Gasteiger partial charge in [0, 0.05) is 19.2 Å². The van der Waals surface area contributed by atoms with E-state index in [4.69, 9.17) is 5.11 Å². The Kier molecular flexibility index (Phi) is 4.37. The van der Waals surface area contributed by atoms with Crippen LogP contribution in [0.4, 0.5) is 0 Å². The summed E-state index contributed by atoms with van der Waals surface area (Å²) in [5.74, 6) is 0. The second-order valence-electron chi connectivity index (χ2n) is 4.48. The molecule has 0 aromatic carbocycles. The van der Waals surface area contributed by atoms with Gasteiger partial charge in [-0.2, -0.15) is 4.31 Å². The quantitative estimate of drug-likeness (QED) is 0.909. The summed E-state index contributed by atoms with van der Waals surface area (Å²) in [6, 6.07) is -0.0730. The standard InChI is InChI=1S/C11H18N2O3S2/c1-9-12-8-11(17-9)18(15,16)13-6-3-2-4-10(13)5-7-14/h8,10,14H,2-7H2,1H3. The second kappa shape index (κ2) is 5.64. The van der Waals surface area contributed by atoms with Crippen LogP contribution in [0.1, 0.15) is 30.7 Å². The summed E-state index contributed by atoms with van der Waals surface area (Å²) in [5.41, 5.74) is 0. The molecule has 1 aliphatic heterocycles. The van der Waals surface area contributed by atoms with Gasteiger partial charge in [0.1, 0.15) is 0 Å². The molecule has 1 atom stereocenters. The number of aliphatic hydroxyl groups is 1. The van der Waals surface area contributed by atoms with Gasteiger partial charge in [-0.1, -0.05) is 6.42 Å². The summed E-state index contributed by atoms with van der Waals surface area (Å²) in [4.78, 5) is 4.01. The largest absolute Gasteiger partial charge is 0.396 e. The lowest BCUT2D eigenvalue weighted by molar-refractivity contribution is 0.193. The Hall–Kier alpha value is -0.500. The average Bonchev–Trinajstić information content (AvgIpc) is 2.78. The van der Waals surface area contributed by atoms with Crippen LogP contribution in [0.3, 0.4) is 0 Å². The van der Waals surface area contributed by atoms with E-state index < -0.39 is 10.0 Å². The predicted octanol–water partition coefficient (Wildman–Crippen LogP) is 1.38. The first-order valence-corrected chi connectivity index (χ1v) is 8.36. The van der Waals surface area contributed by atoms with Crippen molar-refractivity contribution in [2.24, 2.45) is 0 Å². The predicted molar refractivity (Wildman–Crippen MR) is 70.1 cm³/mol. The molecule has 5 nitrogen and oxygen atoms in total. The highest BCUT2D eigenvalue weighted by molar-refractivity contribution is 7.91. The maximum Gasteiger partial charge on any atom is 0.254 e. The van der Waals surface area contributed by atoms with Crippen LogP contribution < -0.4 is 0 Å². The van der Waals surface area contributed by atoms with Crippen molar-refractivity contribution in [1.82, 2.24) is 9.29 Å². The smallest absolute Gasteiger partial charge is 0.254 e. The lowest BCUT2D eigenvalue weighted by Gasteiger charge is -2.33. The molecule has 0 amide bonds. The maximum atomic E-state index is 12.5. The van der Waals surface area contributed by atoms with E-state index in [-0.39, 0.29) is 12.6 Å². The van der Waals surface area contributed by atoms with Gasteiger partial charge in [0.25, 0.3) is 10.0 Å². The summed E-state index contributed by atoms with van der Waals surface area (Å²) in [5, 5.41) is 9.80. The topological polar surface area (TPSA) is 70.5 Å². The van der Waals surface area contributed by atoms with Crippen molar-refractivity contribution in [1.29, 1.82) is 0 Å². The third kappa shape index (κ3) is 2.74. The Bertz CT molecular complexity index is 496. The molecule has 0 saturated carbocycles. The van der Waals surface area contributed by atoms with Crippen LogP contribution in [0.5, 0.6) is 0 Å². The van der Waals surface area contributed by atoms with Gasteiger partial charge in [0.2, 0.25) is 0 Å². The first-order valence-electron chi connectivity index (χ1n) is 6.11. The molecule has 0 spiro atoms. The molecule has 1 aromatic heterocycles. The zero-order chi connectivity index (χ0) is 13.2. The van der Waals surface area contributed by atoms with Gasteiger partial charge in [-0.25, -0.2) is 13.4 Å². The van der Waals surface area contributed by atoms with Gasteiger partial charge in [0.05, 0.1) is 11.2 Å². The van der Waals surface area contributed by atoms with Crippen molar-refractivity contribution in [2.75, 3.05) is 13.2 Å². The molecule has 0 radical (unpaired) electrons. The van der Waals surface area contributed by atoms with E-state index in [9.17, 15) is 8.42 Å². The lowest BCUT2D eigenvalue weighted by Crippen LogP contribution is -2.43. The molecule has 1 aliphatic rings. The SMILES string of the molecule is Cc1ncc(S(=O)(=O)N2CCCCC2CCO)s1.